The van der Waals surface area contributed by atoms with Crippen LogP contribution in [0.5, 0.6) is 0 Å². The quantitative estimate of drug-likeness (QED) is 0.848. The van der Waals surface area contributed by atoms with Gasteiger partial charge in [-0.1, -0.05) is 18.2 Å². The van der Waals surface area contributed by atoms with E-state index < -0.39 is 0 Å². The van der Waals surface area contributed by atoms with Crippen molar-refractivity contribution in [3.05, 3.63) is 47.2 Å². The molecule has 0 spiro atoms. The molecule has 1 aromatic carbocycles. The number of fused-ring (bicyclic) bond motifs is 1. The molecule has 2 amide bonds. The molecule has 1 aromatic heterocycles. The third-order valence-corrected chi connectivity index (χ3v) is 5.33. The van der Waals surface area contributed by atoms with Gasteiger partial charge in [0.25, 0.3) is 5.91 Å². The monoisotopic (exact) mass is 383 g/mol. The first kappa shape index (κ1) is 18.6. The van der Waals surface area contributed by atoms with Crippen LogP contribution in [0.3, 0.4) is 0 Å². The summed E-state index contributed by atoms with van der Waals surface area (Å²) in [6, 6.07) is 9.06. The lowest BCUT2D eigenvalue weighted by molar-refractivity contribution is -0.134. The first-order valence-corrected chi connectivity index (χ1v) is 9.61. The van der Waals surface area contributed by atoms with Crippen molar-refractivity contribution in [1.29, 1.82) is 0 Å². The molecule has 0 bridgehead atoms. The molecule has 2 aliphatic rings. The van der Waals surface area contributed by atoms with E-state index in [9.17, 15) is 9.59 Å². The van der Waals surface area contributed by atoms with Crippen LogP contribution in [0.25, 0.3) is 0 Å². The number of nitrogens with zero attached hydrogens (tertiary/aromatic N) is 4. The maximum atomic E-state index is 12.8. The Kier molecular flexibility index (Phi) is 5.40. The predicted molar refractivity (Wildman–Crippen MR) is 104 cm³/mol. The van der Waals surface area contributed by atoms with Gasteiger partial charge in [0.15, 0.2) is 5.82 Å². The van der Waals surface area contributed by atoms with Gasteiger partial charge in [-0.15, -0.1) is 0 Å². The third kappa shape index (κ3) is 3.93. The van der Waals surface area contributed by atoms with Gasteiger partial charge in [-0.3, -0.25) is 19.2 Å². The minimum Gasteiger partial charge on any atom is -0.379 e. The zero-order valence-corrected chi connectivity index (χ0v) is 16.1. The van der Waals surface area contributed by atoms with E-state index in [0.717, 1.165) is 30.8 Å². The minimum atomic E-state index is -0.196. The van der Waals surface area contributed by atoms with E-state index in [2.05, 4.69) is 15.3 Å². The van der Waals surface area contributed by atoms with Gasteiger partial charge in [0, 0.05) is 49.9 Å². The van der Waals surface area contributed by atoms with Crippen LogP contribution in [-0.2, 0) is 29.5 Å². The number of nitrogens with one attached hydrogen (secondary N) is 1. The Bertz CT molecular complexity index is 858. The van der Waals surface area contributed by atoms with Gasteiger partial charge >= 0.3 is 0 Å². The molecule has 2 aromatic rings. The Morgan fingerprint density at radius 2 is 1.89 bits per heavy atom. The Labute approximate surface area is 164 Å². The fourth-order valence-electron chi connectivity index (χ4n) is 3.73. The van der Waals surface area contributed by atoms with Crippen molar-refractivity contribution in [2.24, 2.45) is 7.05 Å². The molecule has 1 saturated heterocycles. The van der Waals surface area contributed by atoms with Crippen molar-refractivity contribution in [2.75, 3.05) is 44.7 Å². The van der Waals surface area contributed by atoms with Crippen molar-refractivity contribution in [3.63, 3.8) is 0 Å². The average molecular weight is 383 g/mol. The number of hydrogen-bond acceptors (Lipinski definition) is 5. The molecule has 2 aliphatic heterocycles. The summed E-state index contributed by atoms with van der Waals surface area (Å²) in [5, 5.41) is 7.40. The van der Waals surface area contributed by atoms with Crippen LogP contribution < -0.4 is 5.32 Å². The maximum Gasteiger partial charge on any atom is 0.256 e. The molecule has 0 radical (unpaired) electrons. The van der Waals surface area contributed by atoms with E-state index in [1.807, 2.05) is 30.1 Å². The van der Waals surface area contributed by atoms with E-state index >= 15 is 0 Å². The summed E-state index contributed by atoms with van der Waals surface area (Å²) < 4.78 is 7.15. The normalized spacial score (nSPS) is 17.2. The largest absolute Gasteiger partial charge is 0.379 e. The number of amides is 2. The Balaban J connectivity index is 1.46. The van der Waals surface area contributed by atoms with Crippen molar-refractivity contribution >= 4 is 17.6 Å². The highest BCUT2D eigenvalue weighted by molar-refractivity contribution is 6.04. The van der Waals surface area contributed by atoms with Crippen LogP contribution in [0.15, 0.2) is 30.3 Å². The van der Waals surface area contributed by atoms with Gasteiger partial charge in [-0.05, 0) is 12.1 Å². The van der Waals surface area contributed by atoms with E-state index in [0.29, 0.717) is 44.2 Å². The minimum absolute atomic E-state index is 0.108. The summed E-state index contributed by atoms with van der Waals surface area (Å²) in [6.07, 6.45) is 0.731. The zero-order valence-electron chi connectivity index (χ0n) is 16.1. The topological polar surface area (TPSA) is 79.7 Å². The van der Waals surface area contributed by atoms with Gasteiger partial charge in [0.05, 0.1) is 26.3 Å². The maximum absolute atomic E-state index is 12.8. The first-order valence-electron chi connectivity index (χ1n) is 9.61. The van der Waals surface area contributed by atoms with Gasteiger partial charge in [0.2, 0.25) is 5.91 Å². The second-order valence-electron chi connectivity index (χ2n) is 7.17. The van der Waals surface area contributed by atoms with Gasteiger partial charge in [-0.2, -0.15) is 5.10 Å². The summed E-state index contributed by atoms with van der Waals surface area (Å²) in [6.45, 7) is 4.47. The Morgan fingerprint density at radius 3 is 2.64 bits per heavy atom. The van der Waals surface area contributed by atoms with Gasteiger partial charge in [0.1, 0.15) is 0 Å². The van der Waals surface area contributed by atoms with E-state index in [1.54, 1.807) is 16.8 Å². The fraction of sp³-hybridized carbons (Fsp3) is 0.450. The Hall–Kier alpha value is -2.71. The SMILES string of the molecule is Cn1nc(NC(=O)c2ccccc2)c2c1CCN(C(=O)CN1CCOCC1)C2. The molecular formula is C20H25N5O3. The van der Waals surface area contributed by atoms with Crippen molar-refractivity contribution < 1.29 is 14.3 Å². The van der Waals surface area contributed by atoms with Crippen molar-refractivity contribution in [3.8, 4) is 0 Å². The van der Waals surface area contributed by atoms with Crippen LogP contribution in [0.2, 0.25) is 0 Å². The molecule has 28 heavy (non-hydrogen) atoms. The molecule has 1 fully saturated rings. The lowest BCUT2D eigenvalue weighted by Gasteiger charge is -2.31. The molecule has 4 rings (SSSR count). The van der Waals surface area contributed by atoms with Crippen molar-refractivity contribution in [2.45, 2.75) is 13.0 Å². The number of morpholine rings is 1. The molecule has 8 heteroatoms. The number of anilines is 1. The average Bonchev–Trinajstić information content (AvgIpc) is 3.04. The summed E-state index contributed by atoms with van der Waals surface area (Å²) >= 11 is 0. The third-order valence-electron chi connectivity index (χ3n) is 5.33. The summed E-state index contributed by atoms with van der Waals surface area (Å²) in [5.41, 5.74) is 2.57. The number of benzene rings is 1. The van der Waals surface area contributed by atoms with Gasteiger partial charge in [-0.25, -0.2) is 0 Å². The lowest BCUT2D eigenvalue weighted by atomic mass is 10.1. The summed E-state index contributed by atoms with van der Waals surface area (Å²) in [7, 11) is 1.88. The van der Waals surface area contributed by atoms with Crippen LogP contribution in [0.1, 0.15) is 21.6 Å². The number of hydrogen-bond donors (Lipinski definition) is 1. The van der Waals surface area contributed by atoms with Crippen LogP contribution in [-0.4, -0.2) is 70.8 Å². The number of aromatic nitrogens is 2. The van der Waals surface area contributed by atoms with E-state index in [1.165, 1.54) is 0 Å². The molecule has 8 nitrogen and oxygen atoms in total. The number of carbonyl (C=O) groups is 2. The molecule has 0 aliphatic carbocycles. The smallest absolute Gasteiger partial charge is 0.256 e. The van der Waals surface area contributed by atoms with Crippen LogP contribution in [0.4, 0.5) is 5.82 Å². The van der Waals surface area contributed by atoms with E-state index in [4.69, 9.17) is 4.74 Å². The zero-order chi connectivity index (χ0) is 19.5. The predicted octanol–water partition coefficient (Wildman–Crippen LogP) is 0.889. The molecule has 1 N–H and O–H groups in total. The second-order valence-corrected chi connectivity index (χ2v) is 7.17. The standard InChI is InChI=1S/C20H25N5O3/c1-23-17-7-8-25(18(26)14-24-9-11-28-12-10-24)13-16(17)19(22-23)21-20(27)15-5-3-2-4-6-15/h2-6H,7-14H2,1H3,(H,21,22,27). The Morgan fingerprint density at radius 1 is 1.14 bits per heavy atom. The second kappa shape index (κ2) is 8.12. The number of aryl methyl sites for hydroxylation is 1. The summed E-state index contributed by atoms with van der Waals surface area (Å²) in [4.78, 5) is 29.3. The molecule has 3 heterocycles. The highest BCUT2D eigenvalue weighted by Gasteiger charge is 2.28. The molecule has 0 saturated carbocycles. The molecule has 0 atom stereocenters. The highest BCUT2D eigenvalue weighted by Crippen LogP contribution is 2.26. The number of carbonyl (C=O) groups excluding carboxylic acids is 2. The van der Waals surface area contributed by atoms with E-state index in [-0.39, 0.29) is 11.8 Å². The number of rotatable bonds is 4. The van der Waals surface area contributed by atoms with Crippen LogP contribution >= 0.6 is 0 Å². The molecular weight excluding hydrogens is 358 g/mol. The first-order chi connectivity index (χ1) is 13.6. The summed E-state index contributed by atoms with van der Waals surface area (Å²) in [5.74, 6) is 0.449. The van der Waals surface area contributed by atoms with Crippen molar-refractivity contribution in [1.82, 2.24) is 19.6 Å². The molecule has 0 unspecified atom stereocenters. The number of ether oxygens (including phenoxy) is 1. The fourth-order valence-corrected chi connectivity index (χ4v) is 3.73. The highest BCUT2D eigenvalue weighted by atomic mass is 16.5. The van der Waals surface area contributed by atoms with Crippen LogP contribution in [0, 0.1) is 0 Å². The van der Waals surface area contributed by atoms with Gasteiger partial charge < -0.3 is 15.0 Å². The lowest BCUT2D eigenvalue weighted by Crippen LogP contribution is -2.46. The molecule has 148 valence electrons.